The van der Waals surface area contributed by atoms with Crippen LogP contribution in [0.15, 0.2) is 28.7 Å². The van der Waals surface area contributed by atoms with E-state index < -0.39 is 0 Å². The summed E-state index contributed by atoms with van der Waals surface area (Å²) in [6.07, 6.45) is 7.19. The zero-order valence-electron chi connectivity index (χ0n) is 9.71. The lowest BCUT2D eigenvalue weighted by atomic mass is 10.0. The van der Waals surface area contributed by atoms with Crippen molar-refractivity contribution in [1.29, 1.82) is 0 Å². The van der Waals surface area contributed by atoms with Crippen LogP contribution < -0.4 is 5.32 Å². The number of rotatable bonds is 5. The fourth-order valence-corrected chi connectivity index (χ4v) is 2.70. The molecule has 0 unspecified atom stereocenters. The molecule has 0 amide bonds. The van der Waals surface area contributed by atoms with Crippen molar-refractivity contribution in [2.75, 3.05) is 6.54 Å². The lowest BCUT2D eigenvalue weighted by molar-refractivity contribution is 0.477. The van der Waals surface area contributed by atoms with Gasteiger partial charge in [0.15, 0.2) is 0 Å². The van der Waals surface area contributed by atoms with Gasteiger partial charge in [-0.2, -0.15) is 0 Å². The van der Waals surface area contributed by atoms with E-state index in [4.69, 9.17) is 0 Å². The molecular weight excluding hydrogens is 262 g/mol. The smallest absolute Gasteiger partial charge is 0.0205 e. The Morgan fingerprint density at radius 1 is 1.12 bits per heavy atom. The zero-order chi connectivity index (χ0) is 11.2. The SMILES string of the molecule is Brc1ccc(CNCCC2CCCC2)cc1. The third kappa shape index (κ3) is 3.91. The molecule has 0 aromatic heterocycles. The van der Waals surface area contributed by atoms with Crippen molar-refractivity contribution in [2.45, 2.75) is 38.6 Å². The van der Waals surface area contributed by atoms with Gasteiger partial charge >= 0.3 is 0 Å². The van der Waals surface area contributed by atoms with Crippen molar-refractivity contribution in [3.05, 3.63) is 34.3 Å². The highest BCUT2D eigenvalue weighted by Crippen LogP contribution is 2.26. The summed E-state index contributed by atoms with van der Waals surface area (Å²) in [5, 5.41) is 3.53. The number of hydrogen-bond donors (Lipinski definition) is 1. The van der Waals surface area contributed by atoms with E-state index in [1.54, 1.807) is 0 Å². The van der Waals surface area contributed by atoms with Crippen molar-refractivity contribution in [3.63, 3.8) is 0 Å². The maximum Gasteiger partial charge on any atom is 0.0205 e. The summed E-state index contributed by atoms with van der Waals surface area (Å²) in [7, 11) is 0. The number of benzene rings is 1. The van der Waals surface area contributed by atoms with Crippen molar-refractivity contribution >= 4 is 15.9 Å². The summed E-state index contributed by atoms with van der Waals surface area (Å²) < 4.78 is 1.15. The maximum absolute atomic E-state index is 3.53. The number of nitrogens with one attached hydrogen (secondary N) is 1. The maximum atomic E-state index is 3.53. The molecule has 0 saturated heterocycles. The highest BCUT2D eigenvalue weighted by Gasteiger charge is 2.13. The van der Waals surface area contributed by atoms with E-state index in [1.165, 1.54) is 44.2 Å². The first-order valence-electron chi connectivity index (χ1n) is 6.30. The molecule has 1 fully saturated rings. The molecule has 2 rings (SSSR count). The van der Waals surface area contributed by atoms with Crippen LogP contribution in [-0.2, 0) is 6.54 Å². The van der Waals surface area contributed by atoms with E-state index in [0.29, 0.717) is 0 Å². The first kappa shape index (κ1) is 12.1. The van der Waals surface area contributed by atoms with Gasteiger partial charge in [0.05, 0.1) is 0 Å². The topological polar surface area (TPSA) is 12.0 Å². The van der Waals surface area contributed by atoms with Crippen LogP contribution in [0.2, 0.25) is 0 Å². The Hall–Kier alpha value is -0.340. The summed E-state index contributed by atoms with van der Waals surface area (Å²) in [4.78, 5) is 0. The minimum Gasteiger partial charge on any atom is -0.313 e. The molecule has 16 heavy (non-hydrogen) atoms. The van der Waals surface area contributed by atoms with Crippen LogP contribution >= 0.6 is 15.9 Å². The van der Waals surface area contributed by atoms with Gasteiger partial charge in [0.2, 0.25) is 0 Å². The van der Waals surface area contributed by atoms with Crippen LogP contribution in [-0.4, -0.2) is 6.54 Å². The average molecular weight is 282 g/mol. The van der Waals surface area contributed by atoms with Gasteiger partial charge in [0.25, 0.3) is 0 Å². The molecule has 0 aliphatic heterocycles. The van der Waals surface area contributed by atoms with Gasteiger partial charge in [-0.1, -0.05) is 53.7 Å². The van der Waals surface area contributed by atoms with Crippen molar-refractivity contribution < 1.29 is 0 Å². The lowest BCUT2D eigenvalue weighted by Gasteiger charge is -2.09. The molecule has 1 saturated carbocycles. The van der Waals surface area contributed by atoms with Gasteiger partial charge in [-0.25, -0.2) is 0 Å². The van der Waals surface area contributed by atoms with E-state index >= 15 is 0 Å². The first-order valence-corrected chi connectivity index (χ1v) is 7.09. The van der Waals surface area contributed by atoms with Gasteiger partial charge in [0.1, 0.15) is 0 Å². The molecule has 0 radical (unpaired) electrons. The van der Waals surface area contributed by atoms with E-state index in [9.17, 15) is 0 Å². The standard InChI is InChI=1S/C14H20BrN/c15-14-7-5-13(6-8-14)11-16-10-9-12-3-1-2-4-12/h5-8,12,16H,1-4,9-11H2. The van der Waals surface area contributed by atoms with Crippen molar-refractivity contribution in [1.82, 2.24) is 5.32 Å². The number of halogens is 1. The van der Waals surface area contributed by atoms with Crippen LogP contribution in [0.1, 0.15) is 37.7 Å². The van der Waals surface area contributed by atoms with Crippen LogP contribution in [0.4, 0.5) is 0 Å². The Morgan fingerprint density at radius 2 is 1.81 bits per heavy atom. The molecule has 1 aromatic carbocycles. The minimum atomic E-state index is 0.998. The van der Waals surface area contributed by atoms with Crippen LogP contribution in [0.3, 0.4) is 0 Å². The average Bonchev–Trinajstić information content (AvgIpc) is 2.80. The van der Waals surface area contributed by atoms with Crippen LogP contribution in [0, 0.1) is 5.92 Å². The number of hydrogen-bond acceptors (Lipinski definition) is 1. The van der Waals surface area contributed by atoms with Gasteiger partial charge in [-0.05, 0) is 36.6 Å². The highest BCUT2D eigenvalue weighted by atomic mass is 79.9. The second kappa shape index (κ2) is 6.41. The Labute approximate surface area is 107 Å². The Kier molecular flexibility index (Phi) is 4.86. The van der Waals surface area contributed by atoms with E-state index in [-0.39, 0.29) is 0 Å². The first-order chi connectivity index (χ1) is 7.84. The predicted octanol–water partition coefficient (Wildman–Crippen LogP) is 4.12. The van der Waals surface area contributed by atoms with Gasteiger partial charge in [0, 0.05) is 11.0 Å². The molecule has 1 aliphatic carbocycles. The summed E-state index contributed by atoms with van der Waals surface area (Å²) in [5.41, 5.74) is 1.37. The van der Waals surface area contributed by atoms with E-state index in [0.717, 1.165) is 16.9 Å². The molecule has 1 aliphatic rings. The molecular formula is C14H20BrN. The van der Waals surface area contributed by atoms with Crippen LogP contribution in [0.25, 0.3) is 0 Å². The molecule has 0 atom stereocenters. The summed E-state index contributed by atoms with van der Waals surface area (Å²) >= 11 is 3.45. The van der Waals surface area contributed by atoms with Crippen molar-refractivity contribution in [3.8, 4) is 0 Å². The van der Waals surface area contributed by atoms with Gasteiger partial charge < -0.3 is 5.32 Å². The molecule has 0 spiro atoms. The Balaban J connectivity index is 1.62. The highest BCUT2D eigenvalue weighted by molar-refractivity contribution is 9.10. The van der Waals surface area contributed by atoms with Crippen molar-refractivity contribution in [2.24, 2.45) is 5.92 Å². The molecule has 1 aromatic rings. The Morgan fingerprint density at radius 3 is 2.50 bits per heavy atom. The molecule has 88 valence electrons. The summed E-state index contributed by atoms with van der Waals surface area (Å²) in [6.45, 7) is 2.17. The summed E-state index contributed by atoms with van der Waals surface area (Å²) in [5.74, 6) is 0.998. The zero-order valence-corrected chi connectivity index (χ0v) is 11.3. The quantitative estimate of drug-likeness (QED) is 0.801. The largest absolute Gasteiger partial charge is 0.313 e. The molecule has 1 nitrogen and oxygen atoms in total. The second-order valence-corrected chi connectivity index (χ2v) is 5.66. The molecule has 2 heteroatoms. The Bertz CT molecular complexity index is 301. The summed E-state index contributed by atoms with van der Waals surface area (Å²) in [6, 6.07) is 8.56. The normalized spacial score (nSPS) is 16.8. The molecule has 0 bridgehead atoms. The second-order valence-electron chi connectivity index (χ2n) is 4.74. The fraction of sp³-hybridized carbons (Fsp3) is 0.571. The van der Waals surface area contributed by atoms with Gasteiger partial charge in [-0.3, -0.25) is 0 Å². The molecule has 0 heterocycles. The fourth-order valence-electron chi connectivity index (χ4n) is 2.44. The predicted molar refractivity (Wildman–Crippen MR) is 72.4 cm³/mol. The van der Waals surface area contributed by atoms with E-state index in [2.05, 4.69) is 45.5 Å². The molecule has 1 N–H and O–H groups in total. The lowest BCUT2D eigenvalue weighted by Crippen LogP contribution is -2.16. The van der Waals surface area contributed by atoms with Crippen LogP contribution in [0.5, 0.6) is 0 Å². The minimum absolute atomic E-state index is 0.998. The monoisotopic (exact) mass is 281 g/mol. The van der Waals surface area contributed by atoms with Gasteiger partial charge in [-0.15, -0.1) is 0 Å². The third-order valence-electron chi connectivity index (χ3n) is 3.45. The van der Waals surface area contributed by atoms with E-state index in [1.807, 2.05) is 0 Å². The third-order valence-corrected chi connectivity index (χ3v) is 3.98.